The Morgan fingerprint density at radius 2 is 1.57 bits per heavy atom. The standard InChI is InChI=1S/C21H17N5O2/c1-14(27)24-17-6-3-7-18(11-17)25-19-8-9-23-20(12-19)21(28)26-16-5-2-4-15(10-16)13-22/h2-12H,1H3,(H,23,25)(H,24,27)(H,26,28). The molecule has 0 radical (unpaired) electrons. The molecule has 0 aliphatic carbocycles. The van der Waals surface area contributed by atoms with Crippen molar-refractivity contribution in [2.24, 2.45) is 0 Å². The van der Waals surface area contributed by atoms with Crippen molar-refractivity contribution in [2.75, 3.05) is 16.0 Å². The van der Waals surface area contributed by atoms with E-state index in [0.29, 0.717) is 22.6 Å². The van der Waals surface area contributed by atoms with E-state index in [0.717, 1.165) is 5.69 Å². The second kappa shape index (κ2) is 8.47. The Bertz CT molecular complexity index is 1070. The van der Waals surface area contributed by atoms with Crippen molar-refractivity contribution >= 4 is 34.6 Å². The van der Waals surface area contributed by atoms with Crippen LogP contribution >= 0.6 is 0 Å². The predicted molar refractivity (Wildman–Crippen MR) is 107 cm³/mol. The number of hydrogen-bond donors (Lipinski definition) is 3. The van der Waals surface area contributed by atoms with E-state index < -0.39 is 0 Å². The van der Waals surface area contributed by atoms with Crippen LogP contribution in [0.15, 0.2) is 66.9 Å². The Balaban J connectivity index is 1.74. The number of aromatic nitrogens is 1. The van der Waals surface area contributed by atoms with Crippen LogP contribution in [0.2, 0.25) is 0 Å². The molecule has 2 aromatic carbocycles. The molecular weight excluding hydrogens is 354 g/mol. The first-order valence-electron chi connectivity index (χ1n) is 8.46. The SMILES string of the molecule is CC(=O)Nc1cccc(Nc2ccnc(C(=O)Nc3cccc(C#N)c3)c2)c1. The zero-order valence-electron chi connectivity index (χ0n) is 15.1. The summed E-state index contributed by atoms with van der Waals surface area (Å²) >= 11 is 0. The Hall–Kier alpha value is -4.18. The van der Waals surface area contributed by atoms with E-state index in [1.807, 2.05) is 18.2 Å². The van der Waals surface area contributed by atoms with E-state index >= 15 is 0 Å². The average Bonchev–Trinajstić information content (AvgIpc) is 2.68. The van der Waals surface area contributed by atoms with Crippen LogP contribution in [0.3, 0.4) is 0 Å². The monoisotopic (exact) mass is 371 g/mol. The molecule has 0 unspecified atom stereocenters. The van der Waals surface area contributed by atoms with Gasteiger partial charge in [0.1, 0.15) is 5.69 Å². The molecule has 0 atom stereocenters. The summed E-state index contributed by atoms with van der Waals surface area (Å²) in [5, 5.41) is 17.6. The molecule has 3 rings (SSSR count). The number of hydrogen-bond acceptors (Lipinski definition) is 5. The Kier molecular flexibility index (Phi) is 5.63. The van der Waals surface area contributed by atoms with E-state index in [1.165, 1.54) is 13.1 Å². The number of carbonyl (C=O) groups is 2. The molecule has 1 heterocycles. The minimum Gasteiger partial charge on any atom is -0.355 e. The number of pyridine rings is 1. The van der Waals surface area contributed by atoms with Gasteiger partial charge in [0.15, 0.2) is 0 Å². The normalized spacial score (nSPS) is 9.86. The van der Waals surface area contributed by atoms with Gasteiger partial charge in [0.2, 0.25) is 5.91 Å². The number of nitrogens with one attached hydrogen (secondary N) is 3. The zero-order chi connectivity index (χ0) is 19.9. The van der Waals surface area contributed by atoms with Gasteiger partial charge < -0.3 is 16.0 Å². The fourth-order valence-corrected chi connectivity index (χ4v) is 2.54. The van der Waals surface area contributed by atoms with Crippen LogP contribution in [0.4, 0.5) is 22.7 Å². The van der Waals surface area contributed by atoms with E-state index in [-0.39, 0.29) is 17.5 Å². The number of nitriles is 1. The van der Waals surface area contributed by atoms with Gasteiger partial charge in [-0.15, -0.1) is 0 Å². The van der Waals surface area contributed by atoms with Crippen LogP contribution < -0.4 is 16.0 Å². The summed E-state index contributed by atoms with van der Waals surface area (Å²) in [6, 6.07) is 19.3. The molecule has 138 valence electrons. The number of nitrogens with zero attached hydrogens (tertiary/aromatic N) is 2. The summed E-state index contributed by atoms with van der Waals surface area (Å²) in [4.78, 5) is 27.8. The molecule has 3 aromatic rings. The second-order valence-electron chi connectivity index (χ2n) is 5.96. The highest BCUT2D eigenvalue weighted by molar-refractivity contribution is 6.03. The van der Waals surface area contributed by atoms with Gasteiger partial charge in [-0.3, -0.25) is 14.6 Å². The number of amides is 2. The lowest BCUT2D eigenvalue weighted by Gasteiger charge is -2.10. The molecule has 28 heavy (non-hydrogen) atoms. The van der Waals surface area contributed by atoms with Gasteiger partial charge in [0.05, 0.1) is 11.6 Å². The summed E-state index contributed by atoms with van der Waals surface area (Å²) < 4.78 is 0. The molecule has 0 fully saturated rings. The first kappa shape index (κ1) is 18.6. The molecule has 1 aromatic heterocycles. The highest BCUT2D eigenvalue weighted by Gasteiger charge is 2.09. The van der Waals surface area contributed by atoms with Gasteiger partial charge in [-0.05, 0) is 48.5 Å². The molecule has 7 nitrogen and oxygen atoms in total. The fraction of sp³-hybridized carbons (Fsp3) is 0.0476. The lowest BCUT2D eigenvalue weighted by Crippen LogP contribution is -2.13. The highest BCUT2D eigenvalue weighted by Crippen LogP contribution is 2.21. The summed E-state index contributed by atoms with van der Waals surface area (Å²) in [6.07, 6.45) is 1.53. The van der Waals surface area contributed by atoms with Crippen LogP contribution in [0.5, 0.6) is 0 Å². The quantitative estimate of drug-likeness (QED) is 0.630. The van der Waals surface area contributed by atoms with E-state index in [4.69, 9.17) is 5.26 Å². The maximum atomic E-state index is 12.5. The largest absolute Gasteiger partial charge is 0.355 e. The van der Waals surface area contributed by atoms with E-state index in [9.17, 15) is 9.59 Å². The highest BCUT2D eigenvalue weighted by atomic mass is 16.2. The Morgan fingerprint density at radius 3 is 2.32 bits per heavy atom. The molecule has 0 spiro atoms. The first-order chi connectivity index (χ1) is 13.5. The summed E-state index contributed by atoms with van der Waals surface area (Å²) in [6.45, 7) is 1.44. The molecule has 0 saturated heterocycles. The van der Waals surface area contributed by atoms with Crippen molar-refractivity contribution in [2.45, 2.75) is 6.92 Å². The van der Waals surface area contributed by atoms with Gasteiger partial charge in [-0.25, -0.2) is 0 Å². The number of carbonyl (C=O) groups excluding carboxylic acids is 2. The summed E-state index contributed by atoms with van der Waals surface area (Å²) in [7, 11) is 0. The van der Waals surface area contributed by atoms with Crippen LogP contribution in [0.1, 0.15) is 23.0 Å². The Labute approximate surface area is 162 Å². The van der Waals surface area contributed by atoms with Gasteiger partial charge in [-0.2, -0.15) is 5.26 Å². The molecule has 0 aliphatic heterocycles. The van der Waals surface area contributed by atoms with Crippen molar-refractivity contribution in [3.63, 3.8) is 0 Å². The fourth-order valence-electron chi connectivity index (χ4n) is 2.54. The van der Waals surface area contributed by atoms with Crippen molar-refractivity contribution < 1.29 is 9.59 Å². The third kappa shape index (κ3) is 4.93. The molecule has 0 aliphatic rings. The first-order valence-corrected chi connectivity index (χ1v) is 8.46. The topological polar surface area (TPSA) is 107 Å². The molecular formula is C21H17N5O2. The average molecular weight is 371 g/mol. The molecule has 3 N–H and O–H groups in total. The lowest BCUT2D eigenvalue weighted by atomic mass is 10.2. The zero-order valence-corrected chi connectivity index (χ0v) is 15.1. The van der Waals surface area contributed by atoms with Gasteiger partial charge >= 0.3 is 0 Å². The molecule has 7 heteroatoms. The van der Waals surface area contributed by atoms with Crippen molar-refractivity contribution in [1.82, 2.24) is 4.98 Å². The van der Waals surface area contributed by atoms with Crippen LogP contribution in [0, 0.1) is 11.3 Å². The summed E-state index contributed by atoms with van der Waals surface area (Å²) in [5.41, 5.74) is 3.30. The number of rotatable bonds is 5. The molecule has 0 bridgehead atoms. The van der Waals surface area contributed by atoms with Crippen molar-refractivity contribution in [3.05, 3.63) is 78.1 Å². The maximum Gasteiger partial charge on any atom is 0.274 e. The second-order valence-corrected chi connectivity index (χ2v) is 5.96. The van der Waals surface area contributed by atoms with Crippen LogP contribution in [0.25, 0.3) is 0 Å². The van der Waals surface area contributed by atoms with Crippen molar-refractivity contribution in [3.8, 4) is 6.07 Å². The number of benzene rings is 2. The van der Waals surface area contributed by atoms with Crippen LogP contribution in [-0.4, -0.2) is 16.8 Å². The van der Waals surface area contributed by atoms with Gasteiger partial charge in [0, 0.05) is 35.9 Å². The minimum atomic E-state index is -0.384. The smallest absolute Gasteiger partial charge is 0.274 e. The third-order valence-electron chi connectivity index (χ3n) is 3.71. The number of anilines is 4. The van der Waals surface area contributed by atoms with Gasteiger partial charge in [0.25, 0.3) is 5.91 Å². The van der Waals surface area contributed by atoms with E-state index in [2.05, 4.69) is 20.9 Å². The maximum absolute atomic E-state index is 12.5. The summed E-state index contributed by atoms with van der Waals surface area (Å²) in [5.74, 6) is -0.536. The third-order valence-corrected chi connectivity index (χ3v) is 3.71. The minimum absolute atomic E-state index is 0.152. The van der Waals surface area contributed by atoms with Crippen LogP contribution in [-0.2, 0) is 4.79 Å². The van der Waals surface area contributed by atoms with Gasteiger partial charge in [-0.1, -0.05) is 12.1 Å². The Morgan fingerprint density at radius 1 is 0.893 bits per heavy atom. The molecule has 2 amide bonds. The molecule has 0 saturated carbocycles. The van der Waals surface area contributed by atoms with Crippen molar-refractivity contribution in [1.29, 1.82) is 5.26 Å². The lowest BCUT2D eigenvalue weighted by molar-refractivity contribution is -0.114. The predicted octanol–water partition coefficient (Wildman–Crippen LogP) is 3.91. The van der Waals surface area contributed by atoms with E-state index in [1.54, 1.807) is 48.5 Å².